The highest BCUT2D eigenvalue weighted by Crippen LogP contribution is 2.27. The van der Waals surface area contributed by atoms with E-state index < -0.39 is 0 Å². The second-order valence-electron chi connectivity index (χ2n) is 12.7. The Labute approximate surface area is 164 Å². The standard InChI is InChI=1S/2C12H26.CH4/c2*1-11(2,3)9-7-8-10-12(4,5)6;/h2*7-10H2,1-6H3;1H4. The highest BCUT2D eigenvalue weighted by atomic mass is 14.2. The molecule has 0 fully saturated rings. The van der Waals surface area contributed by atoms with Crippen LogP contribution in [0.25, 0.3) is 0 Å². The molecule has 0 aliphatic rings. The van der Waals surface area contributed by atoms with E-state index in [1.165, 1.54) is 51.4 Å². The molecule has 0 atom stereocenters. The normalized spacial score (nSPS) is 13.0. The first-order valence-corrected chi connectivity index (χ1v) is 10.4. The third-order valence-electron chi connectivity index (χ3n) is 4.21. The van der Waals surface area contributed by atoms with Crippen molar-refractivity contribution in [2.75, 3.05) is 0 Å². The molecule has 0 aromatic heterocycles. The molecule has 0 bridgehead atoms. The third-order valence-corrected chi connectivity index (χ3v) is 4.21. The van der Waals surface area contributed by atoms with Crippen molar-refractivity contribution in [1.82, 2.24) is 0 Å². The van der Waals surface area contributed by atoms with Gasteiger partial charge in [0.2, 0.25) is 0 Å². The summed E-state index contributed by atoms with van der Waals surface area (Å²) in [4.78, 5) is 0. The van der Waals surface area contributed by atoms with Crippen molar-refractivity contribution in [2.24, 2.45) is 21.7 Å². The van der Waals surface area contributed by atoms with E-state index in [0.29, 0.717) is 21.7 Å². The quantitative estimate of drug-likeness (QED) is 0.415. The van der Waals surface area contributed by atoms with Gasteiger partial charge in [-0.15, -0.1) is 0 Å². The predicted molar refractivity (Wildman–Crippen MR) is 121 cm³/mol. The van der Waals surface area contributed by atoms with E-state index >= 15 is 0 Å². The molecule has 0 unspecified atom stereocenters. The van der Waals surface area contributed by atoms with Crippen LogP contribution in [0.3, 0.4) is 0 Å². The fourth-order valence-electron chi connectivity index (χ4n) is 2.62. The summed E-state index contributed by atoms with van der Waals surface area (Å²) in [6.45, 7) is 27.9. The summed E-state index contributed by atoms with van der Waals surface area (Å²) in [7, 11) is 0. The highest BCUT2D eigenvalue weighted by molar-refractivity contribution is 4.66. The van der Waals surface area contributed by atoms with E-state index in [2.05, 4.69) is 83.1 Å². The van der Waals surface area contributed by atoms with Gasteiger partial charge >= 0.3 is 0 Å². The minimum atomic E-state index is 0. The lowest BCUT2D eigenvalue weighted by atomic mass is 9.85. The Morgan fingerprint density at radius 1 is 0.320 bits per heavy atom. The Balaban J connectivity index is -0.000000372. The molecule has 0 saturated carbocycles. The summed E-state index contributed by atoms with van der Waals surface area (Å²) in [5.41, 5.74) is 2.10. The van der Waals surface area contributed by atoms with Gasteiger partial charge < -0.3 is 0 Å². The van der Waals surface area contributed by atoms with Crippen molar-refractivity contribution in [2.45, 2.75) is 142 Å². The van der Waals surface area contributed by atoms with Crippen molar-refractivity contribution in [1.29, 1.82) is 0 Å². The molecule has 0 heterocycles. The van der Waals surface area contributed by atoms with E-state index in [0.717, 1.165) is 0 Å². The predicted octanol–water partition coefficient (Wildman–Crippen LogP) is 9.91. The van der Waals surface area contributed by atoms with Crippen molar-refractivity contribution in [3.05, 3.63) is 0 Å². The maximum atomic E-state index is 2.32. The molecule has 0 aliphatic heterocycles. The first kappa shape index (κ1) is 29.8. The molecule has 156 valence electrons. The summed E-state index contributed by atoms with van der Waals surface area (Å²) >= 11 is 0. The zero-order valence-corrected chi connectivity index (χ0v) is 19.7. The van der Waals surface area contributed by atoms with Gasteiger partial charge in [0.15, 0.2) is 0 Å². The number of unbranched alkanes of at least 4 members (excludes halogenated alkanes) is 2. The van der Waals surface area contributed by atoms with Crippen LogP contribution in [0.4, 0.5) is 0 Å². The van der Waals surface area contributed by atoms with Crippen LogP contribution in [-0.2, 0) is 0 Å². The van der Waals surface area contributed by atoms with Gasteiger partial charge in [-0.25, -0.2) is 0 Å². The lowest BCUT2D eigenvalue weighted by Gasteiger charge is -2.21. The van der Waals surface area contributed by atoms with Crippen molar-refractivity contribution >= 4 is 0 Å². The number of hydrogen-bond donors (Lipinski definition) is 0. The smallest absolute Gasteiger partial charge is 0.0383 e. The van der Waals surface area contributed by atoms with E-state index in [4.69, 9.17) is 0 Å². The van der Waals surface area contributed by atoms with Gasteiger partial charge in [-0.1, -0.05) is 116 Å². The van der Waals surface area contributed by atoms with Crippen LogP contribution in [-0.4, -0.2) is 0 Å². The average molecular weight is 357 g/mol. The maximum Gasteiger partial charge on any atom is -0.0383 e. The van der Waals surface area contributed by atoms with Gasteiger partial charge in [-0.3, -0.25) is 0 Å². The third kappa shape index (κ3) is 35.9. The van der Waals surface area contributed by atoms with Crippen LogP contribution in [0, 0.1) is 21.7 Å². The van der Waals surface area contributed by atoms with Crippen LogP contribution in [0.1, 0.15) is 142 Å². The van der Waals surface area contributed by atoms with Gasteiger partial charge in [0.05, 0.1) is 0 Å². The van der Waals surface area contributed by atoms with Gasteiger partial charge in [-0.2, -0.15) is 0 Å². The van der Waals surface area contributed by atoms with Gasteiger partial charge in [0.25, 0.3) is 0 Å². The summed E-state index contributed by atoms with van der Waals surface area (Å²) in [6.07, 6.45) is 11.0. The molecule has 0 heteroatoms. The molecule has 0 N–H and O–H groups in total. The molecule has 25 heavy (non-hydrogen) atoms. The maximum absolute atomic E-state index is 2.32. The Kier molecular flexibility index (Phi) is 14.8. The van der Waals surface area contributed by atoms with Crippen LogP contribution in [0.15, 0.2) is 0 Å². The van der Waals surface area contributed by atoms with Crippen molar-refractivity contribution < 1.29 is 0 Å². The molecule has 0 aliphatic carbocycles. The van der Waals surface area contributed by atoms with Gasteiger partial charge in [0.1, 0.15) is 0 Å². The van der Waals surface area contributed by atoms with Crippen LogP contribution < -0.4 is 0 Å². The van der Waals surface area contributed by atoms with E-state index in [9.17, 15) is 0 Å². The fourth-order valence-corrected chi connectivity index (χ4v) is 2.62. The Bertz CT molecular complexity index is 218. The lowest BCUT2D eigenvalue weighted by molar-refractivity contribution is 0.318. The highest BCUT2D eigenvalue weighted by Gasteiger charge is 2.13. The molecule has 0 amide bonds. The van der Waals surface area contributed by atoms with Crippen LogP contribution >= 0.6 is 0 Å². The molecular formula is C25H56. The van der Waals surface area contributed by atoms with Crippen LogP contribution in [0.2, 0.25) is 0 Å². The fraction of sp³-hybridized carbons (Fsp3) is 1.00. The second kappa shape index (κ2) is 12.4. The minimum Gasteiger partial charge on any atom is -0.0776 e. The van der Waals surface area contributed by atoms with E-state index in [1.54, 1.807) is 0 Å². The minimum absolute atomic E-state index is 0. The lowest BCUT2D eigenvalue weighted by Crippen LogP contribution is -2.07. The first-order valence-electron chi connectivity index (χ1n) is 10.4. The number of hydrogen-bond acceptors (Lipinski definition) is 0. The molecular weight excluding hydrogens is 300 g/mol. The van der Waals surface area contributed by atoms with E-state index in [-0.39, 0.29) is 7.43 Å². The van der Waals surface area contributed by atoms with Crippen molar-refractivity contribution in [3.8, 4) is 0 Å². The Hall–Kier alpha value is 0. The van der Waals surface area contributed by atoms with Crippen molar-refractivity contribution in [3.63, 3.8) is 0 Å². The zero-order valence-electron chi connectivity index (χ0n) is 19.7. The Morgan fingerprint density at radius 3 is 0.520 bits per heavy atom. The summed E-state index contributed by atoms with van der Waals surface area (Å²) in [5.74, 6) is 0. The first-order chi connectivity index (χ1) is 10.4. The van der Waals surface area contributed by atoms with Gasteiger partial charge in [0, 0.05) is 0 Å². The summed E-state index contributed by atoms with van der Waals surface area (Å²) in [6, 6.07) is 0. The Morgan fingerprint density at radius 2 is 0.440 bits per heavy atom. The SMILES string of the molecule is C.CC(C)(C)CCCCC(C)(C)C.CC(C)(C)CCCCC(C)(C)C. The molecule has 0 rings (SSSR count). The molecule has 0 saturated heterocycles. The topological polar surface area (TPSA) is 0 Å². The molecule has 0 aromatic rings. The molecule has 0 nitrogen and oxygen atoms in total. The summed E-state index contributed by atoms with van der Waals surface area (Å²) < 4.78 is 0. The molecule has 0 spiro atoms. The average Bonchev–Trinajstić information content (AvgIpc) is 2.27. The molecule has 0 radical (unpaired) electrons. The monoisotopic (exact) mass is 356 g/mol. The van der Waals surface area contributed by atoms with E-state index in [1.807, 2.05) is 0 Å². The molecule has 0 aromatic carbocycles. The van der Waals surface area contributed by atoms with Gasteiger partial charge in [-0.05, 0) is 47.3 Å². The largest absolute Gasteiger partial charge is 0.0776 e. The number of rotatable bonds is 6. The zero-order chi connectivity index (χ0) is 19.7. The second-order valence-corrected chi connectivity index (χ2v) is 12.7. The summed E-state index contributed by atoms with van der Waals surface area (Å²) in [5, 5.41) is 0. The van der Waals surface area contributed by atoms with Crippen LogP contribution in [0.5, 0.6) is 0 Å².